The minimum atomic E-state index is -0.824. The van der Waals surface area contributed by atoms with Crippen LogP contribution in [0.2, 0.25) is 0 Å². The van der Waals surface area contributed by atoms with Gasteiger partial charge >= 0.3 is 0 Å². The van der Waals surface area contributed by atoms with Gasteiger partial charge in [-0.25, -0.2) is 4.99 Å². The molecule has 0 radical (unpaired) electrons. The van der Waals surface area contributed by atoms with Gasteiger partial charge in [-0.05, 0) is 57.0 Å². The topological polar surface area (TPSA) is 21.6 Å². The van der Waals surface area contributed by atoms with Crippen LogP contribution in [0.3, 0.4) is 0 Å². The second-order valence-corrected chi connectivity index (χ2v) is 11.6. The number of nitrogens with zero attached hydrogens (tertiary/aromatic N) is 1. The number of benzene rings is 6. The molecule has 1 aliphatic heterocycles. The second kappa shape index (κ2) is 9.89. The number of hydrogen-bond acceptors (Lipinski definition) is 2. The van der Waals surface area contributed by atoms with Crippen molar-refractivity contribution in [1.82, 2.24) is 0 Å². The molecular formula is C35H26NOP. The van der Waals surface area contributed by atoms with E-state index in [-0.39, 0.29) is 0 Å². The Bertz CT molecular complexity index is 1750. The molecule has 0 aromatic heterocycles. The standard InChI is InChI=1S/C35H26NOP/c1-3-13-27(14-4-1)38(28-15-5-2-6-16-28)32-22-20-26-12-8-10-18-30(26)34(32)33-29-17-9-7-11-25(29)19-21-31(33)35-36-23-24-37-35/h1-22H,23-24H2. The highest BCUT2D eigenvalue weighted by Gasteiger charge is 2.26. The summed E-state index contributed by atoms with van der Waals surface area (Å²) in [5.74, 6) is 0.744. The van der Waals surface area contributed by atoms with Crippen LogP contribution in [0.15, 0.2) is 138 Å². The molecule has 0 bridgehead atoms. The quantitative estimate of drug-likeness (QED) is 0.226. The molecule has 2 nitrogen and oxygen atoms in total. The Morgan fingerprint density at radius 2 is 1.08 bits per heavy atom. The van der Waals surface area contributed by atoms with E-state index in [1.807, 2.05) is 0 Å². The molecule has 3 heteroatoms. The van der Waals surface area contributed by atoms with Crippen LogP contribution in [0.4, 0.5) is 0 Å². The summed E-state index contributed by atoms with van der Waals surface area (Å²) in [4.78, 5) is 4.77. The molecule has 38 heavy (non-hydrogen) atoms. The Kier molecular flexibility index (Phi) is 5.96. The van der Waals surface area contributed by atoms with Crippen LogP contribution in [0.25, 0.3) is 32.7 Å². The zero-order chi connectivity index (χ0) is 25.3. The first kappa shape index (κ1) is 22.9. The smallest absolute Gasteiger partial charge is 0.216 e. The van der Waals surface area contributed by atoms with Gasteiger partial charge in [-0.2, -0.15) is 0 Å². The molecule has 1 heterocycles. The van der Waals surface area contributed by atoms with Crippen LogP contribution in [-0.4, -0.2) is 19.0 Å². The molecule has 0 unspecified atom stereocenters. The van der Waals surface area contributed by atoms with Crippen molar-refractivity contribution in [2.45, 2.75) is 0 Å². The van der Waals surface area contributed by atoms with Crippen molar-refractivity contribution in [1.29, 1.82) is 0 Å². The normalized spacial score (nSPS) is 13.1. The van der Waals surface area contributed by atoms with E-state index < -0.39 is 7.92 Å². The molecule has 0 spiro atoms. The van der Waals surface area contributed by atoms with Crippen LogP contribution in [0.1, 0.15) is 5.56 Å². The first-order chi connectivity index (χ1) is 18.9. The van der Waals surface area contributed by atoms with Gasteiger partial charge in [0.1, 0.15) is 6.61 Å². The van der Waals surface area contributed by atoms with Crippen molar-refractivity contribution < 1.29 is 4.74 Å². The number of hydrogen-bond donors (Lipinski definition) is 0. The van der Waals surface area contributed by atoms with Gasteiger partial charge in [0.25, 0.3) is 0 Å². The lowest BCUT2D eigenvalue weighted by molar-refractivity contribution is 0.348. The third-order valence-electron chi connectivity index (χ3n) is 7.17. The fourth-order valence-corrected chi connectivity index (χ4v) is 7.98. The van der Waals surface area contributed by atoms with Gasteiger partial charge in [0, 0.05) is 11.1 Å². The van der Waals surface area contributed by atoms with E-state index in [0.29, 0.717) is 13.2 Å². The molecule has 0 fully saturated rings. The van der Waals surface area contributed by atoms with Crippen LogP contribution >= 0.6 is 7.92 Å². The lowest BCUT2D eigenvalue weighted by Gasteiger charge is -2.25. The minimum Gasteiger partial charge on any atom is -0.475 e. The first-order valence-corrected chi connectivity index (χ1v) is 14.3. The summed E-state index contributed by atoms with van der Waals surface area (Å²) < 4.78 is 6.09. The van der Waals surface area contributed by atoms with Crippen molar-refractivity contribution in [3.63, 3.8) is 0 Å². The molecular weight excluding hydrogens is 481 g/mol. The van der Waals surface area contributed by atoms with Crippen molar-refractivity contribution >= 4 is 51.3 Å². The third-order valence-corrected chi connectivity index (χ3v) is 9.66. The monoisotopic (exact) mass is 507 g/mol. The van der Waals surface area contributed by atoms with Gasteiger partial charge in [-0.1, -0.05) is 127 Å². The molecule has 182 valence electrons. The summed E-state index contributed by atoms with van der Waals surface area (Å²) in [7, 11) is -0.824. The van der Waals surface area contributed by atoms with Gasteiger partial charge in [-0.3, -0.25) is 0 Å². The predicted octanol–water partition coefficient (Wildman–Crippen LogP) is 7.20. The number of fused-ring (bicyclic) bond motifs is 2. The average Bonchev–Trinajstić information content (AvgIpc) is 3.53. The van der Waals surface area contributed by atoms with Crippen molar-refractivity contribution in [3.8, 4) is 11.1 Å². The largest absolute Gasteiger partial charge is 0.475 e. The summed E-state index contributed by atoms with van der Waals surface area (Å²) in [6.07, 6.45) is 0. The number of aliphatic imine (C=N–C) groups is 1. The summed E-state index contributed by atoms with van der Waals surface area (Å²) in [5, 5.41) is 8.93. The van der Waals surface area contributed by atoms with E-state index in [1.54, 1.807) is 0 Å². The van der Waals surface area contributed by atoms with E-state index in [4.69, 9.17) is 9.73 Å². The highest BCUT2D eigenvalue weighted by molar-refractivity contribution is 7.80. The molecule has 7 rings (SSSR count). The Hall–Kier alpha value is -4.26. The fourth-order valence-electron chi connectivity index (χ4n) is 5.51. The highest BCUT2D eigenvalue weighted by atomic mass is 31.1. The van der Waals surface area contributed by atoms with E-state index in [0.717, 1.165) is 11.5 Å². The molecule has 0 N–H and O–H groups in total. The Morgan fingerprint density at radius 3 is 1.68 bits per heavy atom. The van der Waals surface area contributed by atoms with Crippen LogP contribution in [-0.2, 0) is 4.74 Å². The maximum atomic E-state index is 6.09. The lowest BCUT2D eigenvalue weighted by atomic mass is 9.90. The van der Waals surface area contributed by atoms with Gasteiger partial charge in [-0.15, -0.1) is 0 Å². The zero-order valence-corrected chi connectivity index (χ0v) is 21.8. The average molecular weight is 508 g/mol. The van der Waals surface area contributed by atoms with Crippen LogP contribution in [0, 0.1) is 0 Å². The molecule has 0 saturated heterocycles. The Labute approximate surface area is 224 Å². The lowest BCUT2D eigenvalue weighted by Crippen LogP contribution is -2.23. The fraction of sp³-hybridized carbons (Fsp3) is 0.0571. The van der Waals surface area contributed by atoms with E-state index in [1.165, 1.54) is 48.6 Å². The highest BCUT2D eigenvalue weighted by Crippen LogP contribution is 2.43. The SMILES string of the molecule is c1ccc(P(c2ccccc2)c2ccc3ccccc3c2-c2c(C3=NCCO3)ccc3ccccc23)cc1. The van der Waals surface area contributed by atoms with E-state index in [2.05, 4.69) is 133 Å². The summed E-state index contributed by atoms with van der Waals surface area (Å²) in [6.45, 7) is 1.33. The predicted molar refractivity (Wildman–Crippen MR) is 163 cm³/mol. The third kappa shape index (κ3) is 3.99. The molecule has 1 aliphatic rings. The number of rotatable bonds is 5. The molecule has 0 saturated carbocycles. The molecule has 0 aliphatic carbocycles. The van der Waals surface area contributed by atoms with Gasteiger partial charge in [0.15, 0.2) is 0 Å². The Morgan fingerprint density at radius 1 is 0.526 bits per heavy atom. The molecule has 6 aromatic carbocycles. The van der Waals surface area contributed by atoms with Gasteiger partial charge in [0.2, 0.25) is 5.90 Å². The maximum absolute atomic E-state index is 6.09. The number of ether oxygens (including phenoxy) is 1. The minimum absolute atomic E-state index is 0.630. The van der Waals surface area contributed by atoms with Gasteiger partial charge in [0.05, 0.1) is 6.54 Å². The molecule has 6 aromatic rings. The van der Waals surface area contributed by atoms with Crippen LogP contribution < -0.4 is 15.9 Å². The zero-order valence-electron chi connectivity index (χ0n) is 20.9. The first-order valence-electron chi connectivity index (χ1n) is 13.0. The second-order valence-electron chi connectivity index (χ2n) is 9.43. The summed E-state index contributed by atoms with van der Waals surface area (Å²) in [6, 6.07) is 48.3. The summed E-state index contributed by atoms with van der Waals surface area (Å²) >= 11 is 0. The van der Waals surface area contributed by atoms with Crippen molar-refractivity contribution in [2.24, 2.45) is 4.99 Å². The van der Waals surface area contributed by atoms with Gasteiger partial charge < -0.3 is 4.74 Å². The Balaban J connectivity index is 1.63. The van der Waals surface area contributed by atoms with Crippen molar-refractivity contribution in [3.05, 3.63) is 139 Å². The molecule has 0 amide bonds. The maximum Gasteiger partial charge on any atom is 0.216 e. The van der Waals surface area contributed by atoms with Crippen molar-refractivity contribution in [2.75, 3.05) is 13.2 Å². The summed E-state index contributed by atoms with van der Waals surface area (Å²) in [5.41, 5.74) is 3.54. The van der Waals surface area contributed by atoms with E-state index in [9.17, 15) is 0 Å². The van der Waals surface area contributed by atoms with E-state index >= 15 is 0 Å². The van der Waals surface area contributed by atoms with Crippen LogP contribution in [0.5, 0.6) is 0 Å². The molecule has 0 atom stereocenters.